The van der Waals surface area contributed by atoms with Gasteiger partial charge in [0.15, 0.2) is 0 Å². The van der Waals surface area contributed by atoms with Gasteiger partial charge in [0.25, 0.3) is 0 Å². The lowest BCUT2D eigenvalue weighted by molar-refractivity contribution is 0.759. The molecule has 3 heteroatoms. The summed E-state index contributed by atoms with van der Waals surface area (Å²) < 4.78 is 3.50. The molecule has 1 atom stereocenters. The predicted molar refractivity (Wildman–Crippen MR) is 98.5 cm³/mol. The van der Waals surface area contributed by atoms with E-state index in [4.69, 9.17) is 0 Å². The van der Waals surface area contributed by atoms with Crippen LogP contribution in [-0.2, 0) is 12.8 Å². The molecule has 1 unspecified atom stereocenters. The smallest absolute Gasteiger partial charge is 0.0992 e. The van der Waals surface area contributed by atoms with Crippen LogP contribution in [0.25, 0.3) is 15.6 Å². The maximum absolute atomic E-state index is 4.29. The van der Waals surface area contributed by atoms with Gasteiger partial charge in [0.05, 0.1) is 18.0 Å². The number of thiophene rings is 1. The molecule has 0 saturated carbocycles. The van der Waals surface area contributed by atoms with Gasteiger partial charge in [-0.05, 0) is 58.3 Å². The first-order chi connectivity index (χ1) is 11.3. The van der Waals surface area contributed by atoms with Crippen LogP contribution in [0, 0.1) is 0 Å². The van der Waals surface area contributed by atoms with Crippen LogP contribution >= 0.6 is 11.3 Å². The minimum absolute atomic E-state index is 0.516. The number of aryl methyl sites for hydroxylation is 1. The van der Waals surface area contributed by atoms with Crippen molar-refractivity contribution >= 4 is 26.9 Å². The molecule has 0 bridgehead atoms. The summed E-state index contributed by atoms with van der Waals surface area (Å²) in [6.45, 7) is 4.57. The molecule has 0 amide bonds. The van der Waals surface area contributed by atoms with Crippen molar-refractivity contribution in [3.8, 4) is 0 Å². The molecule has 0 aliphatic carbocycles. The average Bonchev–Trinajstić information content (AvgIpc) is 3.21. The molecule has 23 heavy (non-hydrogen) atoms. The normalized spacial score (nSPS) is 13.0. The number of imidazole rings is 1. The maximum atomic E-state index is 4.29. The van der Waals surface area contributed by atoms with Crippen molar-refractivity contribution in [2.75, 3.05) is 0 Å². The molecule has 4 rings (SSSR count). The Labute approximate surface area is 140 Å². The standard InChI is InChI=1S/C20H20N2S/c1-3-16-15(8-9-22-13-21-11-19(16)22)10-14(2)18-12-23-20-7-5-4-6-17(18)20/h4-9,11-14H,3,10H2,1-2H3. The SMILES string of the molecule is CCc1c(CC(C)c2csc3ccccc23)ccn2cncc12. The Balaban J connectivity index is 1.72. The van der Waals surface area contributed by atoms with E-state index in [1.165, 1.54) is 32.3 Å². The molecule has 0 aliphatic rings. The van der Waals surface area contributed by atoms with Crippen LogP contribution in [0.3, 0.4) is 0 Å². The molecule has 1 aromatic carbocycles. The van der Waals surface area contributed by atoms with Crippen LogP contribution in [0.5, 0.6) is 0 Å². The van der Waals surface area contributed by atoms with Gasteiger partial charge in [-0.2, -0.15) is 0 Å². The number of fused-ring (bicyclic) bond motifs is 2. The Kier molecular flexibility index (Phi) is 3.66. The Hall–Kier alpha value is -2.13. The van der Waals surface area contributed by atoms with E-state index in [2.05, 4.69) is 65.1 Å². The van der Waals surface area contributed by atoms with Crippen molar-refractivity contribution in [2.45, 2.75) is 32.6 Å². The third kappa shape index (κ3) is 2.45. The fourth-order valence-electron chi connectivity index (χ4n) is 3.51. The van der Waals surface area contributed by atoms with E-state index in [1.54, 1.807) is 0 Å². The lowest BCUT2D eigenvalue weighted by Crippen LogP contribution is -2.03. The predicted octanol–water partition coefficient (Wildman–Crippen LogP) is 5.46. The topological polar surface area (TPSA) is 17.3 Å². The number of aromatic nitrogens is 2. The molecule has 0 radical (unpaired) electrons. The number of benzene rings is 1. The highest BCUT2D eigenvalue weighted by Crippen LogP contribution is 2.33. The van der Waals surface area contributed by atoms with E-state index in [0.29, 0.717) is 5.92 Å². The molecule has 0 N–H and O–H groups in total. The van der Waals surface area contributed by atoms with E-state index in [0.717, 1.165) is 12.8 Å². The summed E-state index contributed by atoms with van der Waals surface area (Å²) >= 11 is 1.85. The largest absolute Gasteiger partial charge is 0.306 e. The van der Waals surface area contributed by atoms with E-state index >= 15 is 0 Å². The second-order valence-electron chi connectivity index (χ2n) is 6.15. The van der Waals surface area contributed by atoms with Crippen molar-refractivity contribution in [1.29, 1.82) is 0 Å². The summed E-state index contributed by atoms with van der Waals surface area (Å²) in [6, 6.07) is 11.0. The first-order valence-corrected chi connectivity index (χ1v) is 9.04. The van der Waals surface area contributed by atoms with Gasteiger partial charge in [0.1, 0.15) is 0 Å². The van der Waals surface area contributed by atoms with Gasteiger partial charge in [-0.15, -0.1) is 11.3 Å². The summed E-state index contributed by atoms with van der Waals surface area (Å²) in [5, 5.41) is 3.74. The highest BCUT2D eigenvalue weighted by Gasteiger charge is 2.15. The summed E-state index contributed by atoms with van der Waals surface area (Å²) in [7, 11) is 0. The van der Waals surface area contributed by atoms with Crippen LogP contribution in [0.2, 0.25) is 0 Å². The molecule has 4 aromatic rings. The lowest BCUT2D eigenvalue weighted by Gasteiger charge is -2.15. The highest BCUT2D eigenvalue weighted by molar-refractivity contribution is 7.17. The number of hydrogen-bond acceptors (Lipinski definition) is 2. The van der Waals surface area contributed by atoms with Crippen LogP contribution < -0.4 is 0 Å². The first-order valence-electron chi connectivity index (χ1n) is 8.16. The zero-order valence-electron chi connectivity index (χ0n) is 13.5. The zero-order valence-corrected chi connectivity index (χ0v) is 14.3. The average molecular weight is 320 g/mol. The van der Waals surface area contributed by atoms with Gasteiger partial charge in [0.2, 0.25) is 0 Å². The van der Waals surface area contributed by atoms with Crippen LogP contribution in [0.15, 0.2) is 54.4 Å². The second-order valence-corrected chi connectivity index (χ2v) is 7.06. The highest BCUT2D eigenvalue weighted by atomic mass is 32.1. The fraction of sp³-hybridized carbons (Fsp3) is 0.250. The first kappa shape index (κ1) is 14.5. The molecule has 0 spiro atoms. The molecule has 0 aliphatic heterocycles. The van der Waals surface area contributed by atoms with Crippen LogP contribution in [0.4, 0.5) is 0 Å². The minimum atomic E-state index is 0.516. The summed E-state index contributed by atoms with van der Waals surface area (Å²) in [5.41, 5.74) is 5.59. The fourth-order valence-corrected chi connectivity index (χ4v) is 4.59. The quantitative estimate of drug-likeness (QED) is 0.488. The van der Waals surface area contributed by atoms with Gasteiger partial charge in [-0.25, -0.2) is 4.98 Å². The summed E-state index contributed by atoms with van der Waals surface area (Å²) in [6.07, 6.45) is 8.12. The third-order valence-electron chi connectivity index (χ3n) is 4.72. The number of rotatable bonds is 4. The Bertz CT molecular complexity index is 964. The molecular weight excluding hydrogens is 300 g/mol. The molecular formula is C20H20N2S. The summed E-state index contributed by atoms with van der Waals surface area (Å²) in [5.74, 6) is 0.516. The summed E-state index contributed by atoms with van der Waals surface area (Å²) in [4.78, 5) is 4.29. The minimum Gasteiger partial charge on any atom is -0.306 e. The molecule has 0 saturated heterocycles. The third-order valence-corrected chi connectivity index (χ3v) is 5.70. The van der Waals surface area contributed by atoms with Gasteiger partial charge < -0.3 is 4.40 Å². The van der Waals surface area contributed by atoms with Crippen LogP contribution in [-0.4, -0.2) is 9.38 Å². The molecule has 2 nitrogen and oxygen atoms in total. The van der Waals surface area contributed by atoms with Crippen molar-refractivity contribution < 1.29 is 0 Å². The Morgan fingerprint density at radius 2 is 2.09 bits per heavy atom. The second kappa shape index (κ2) is 5.82. The molecule has 3 heterocycles. The van der Waals surface area contributed by atoms with Crippen molar-refractivity contribution in [1.82, 2.24) is 9.38 Å². The van der Waals surface area contributed by atoms with E-state index < -0.39 is 0 Å². The molecule has 3 aromatic heterocycles. The van der Waals surface area contributed by atoms with Crippen LogP contribution in [0.1, 0.15) is 36.5 Å². The molecule has 0 fully saturated rings. The number of nitrogens with zero attached hydrogens (tertiary/aromatic N) is 2. The van der Waals surface area contributed by atoms with E-state index in [9.17, 15) is 0 Å². The maximum Gasteiger partial charge on any atom is 0.0992 e. The van der Waals surface area contributed by atoms with E-state index in [1.807, 2.05) is 23.9 Å². The van der Waals surface area contributed by atoms with Gasteiger partial charge in [-0.3, -0.25) is 0 Å². The Morgan fingerprint density at radius 3 is 2.96 bits per heavy atom. The van der Waals surface area contributed by atoms with Gasteiger partial charge in [-0.1, -0.05) is 32.0 Å². The number of pyridine rings is 1. The van der Waals surface area contributed by atoms with Crippen molar-refractivity contribution in [3.05, 3.63) is 71.1 Å². The lowest BCUT2D eigenvalue weighted by atomic mass is 9.91. The van der Waals surface area contributed by atoms with E-state index in [-0.39, 0.29) is 0 Å². The zero-order chi connectivity index (χ0) is 15.8. The van der Waals surface area contributed by atoms with Gasteiger partial charge >= 0.3 is 0 Å². The number of hydrogen-bond donors (Lipinski definition) is 0. The van der Waals surface area contributed by atoms with Crippen molar-refractivity contribution in [3.63, 3.8) is 0 Å². The van der Waals surface area contributed by atoms with Gasteiger partial charge in [0, 0.05) is 10.9 Å². The Morgan fingerprint density at radius 1 is 1.22 bits per heavy atom. The monoisotopic (exact) mass is 320 g/mol. The molecule has 116 valence electrons. The van der Waals surface area contributed by atoms with Crippen molar-refractivity contribution in [2.24, 2.45) is 0 Å².